The van der Waals surface area contributed by atoms with Crippen molar-refractivity contribution in [3.05, 3.63) is 83.9 Å². The Hall–Kier alpha value is -2.76. The van der Waals surface area contributed by atoms with Crippen LogP contribution in [0.4, 0.5) is 5.69 Å². The zero-order chi connectivity index (χ0) is 20.2. The highest BCUT2D eigenvalue weighted by atomic mass is 35.5. The topological polar surface area (TPSA) is 46.9 Å². The van der Waals surface area contributed by atoms with Gasteiger partial charge < -0.3 is 5.32 Å². The van der Waals surface area contributed by atoms with Gasteiger partial charge in [0.15, 0.2) is 5.16 Å². The number of halogens is 1. The lowest BCUT2D eigenvalue weighted by atomic mass is 10.3. The highest BCUT2D eigenvalue weighted by Gasteiger charge is 2.22. The monoisotopic (exact) mass is 421 g/mol. The van der Waals surface area contributed by atoms with Crippen molar-refractivity contribution in [1.82, 2.24) is 9.55 Å². The number of amides is 1. The van der Waals surface area contributed by atoms with Crippen molar-refractivity contribution in [3.63, 3.8) is 0 Å². The second-order valence-corrected chi connectivity index (χ2v) is 8.17. The van der Waals surface area contributed by atoms with E-state index in [2.05, 4.69) is 9.88 Å². The molecule has 0 aliphatic rings. The van der Waals surface area contributed by atoms with Crippen molar-refractivity contribution >= 4 is 46.0 Å². The third-order valence-corrected chi connectivity index (χ3v) is 6.14. The quantitative estimate of drug-likeness (QED) is 0.377. The molecular formula is C23H20ClN3OS. The molecule has 146 valence electrons. The number of para-hydroxylation sites is 3. The molecule has 4 aromatic rings. The van der Waals surface area contributed by atoms with Crippen LogP contribution in [0.15, 0.2) is 84.0 Å². The van der Waals surface area contributed by atoms with E-state index >= 15 is 0 Å². The highest BCUT2D eigenvalue weighted by molar-refractivity contribution is 8.00. The van der Waals surface area contributed by atoms with Crippen molar-refractivity contribution in [1.29, 1.82) is 0 Å². The van der Waals surface area contributed by atoms with E-state index in [1.165, 1.54) is 11.8 Å². The Morgan fingerprint density at radius 1 is 1.03 bits per heavy atom. The van der Waals surface area contributed by atoms with E-state index in [4.69, 9.17) is 16.6 Å². The zero-order valence-corrected chi connectivity index (χ0v) is 17.5. The predicted octanol–water partition coefficient (Wildman–Crippen LogP) is 6.19. The van der Waals surface area contributed by atoms with Crippen LogP contribution in [0.3, 0.4) is 0 Å². The molecule has 1 heterocycles. The normalized spacial score (nSPS) is 12.1. The Labute approximate surface area is 178 Å². The molecule has 0 fully saturated rings. The lowest BCUT2D eigenvalue weighted by molar-refractivity contribution is -0.115. The maximum atomic E-state index is 12.9. The minimum atomic E-state index is -0.273. The molecule has 0 saturated heterocycles. The lowest BCUT2D eigenvalue weighted by Gasteiger charge is -2.16. The summed E-state index contributed by atoms with van der Waals surface area (Å²) in [6, 6.07) is 25.2. The maximum Gasteiger partial charge on any atom is 0.237 e. The van der Waals surface area contributed by atoms with Crippen molar-refractivity contribution in [2.24, 2.45) is 0 Å². The molecule has 6 heteroatoms. The molecule has 0 radical (unpaired) electrons. The molecule has 0 saturated carbocycles. The van der Waals surface area contributed by atoms with Crippen LogP contribution in [-0.4, -0.2) is 20.7 Å². The van der Waals surface area contributed by atoms with Gasteiger partial charge in [0.05, 0.1) is 16.3 Å². The SMILES string of the molecule is CC[C@H](Sc1nc2ccccc2n1-c1ccccc1)C(=O)Nc1ccc(Cl)cc1. The second kappa shape index (κ2) is 8.72. The molecule has 4 rings (SSSR count). The van der Waals surface area contributed by atoms with Crippen LogP contribution in [0.1, 0.15) is 13.3 Å². The van der Waals surface area contributed by atoms with Gasteiger partial charge in [0, 0.05) is 16.4 Å². The van der Waals surface area contributed by atoms with Crippen molar-refractivity contribution in [3.8, 4) is 5.69 Å². The number of hydrogen-bond donors (Lipinski definition) is 1. The largest absolute Gasteiger partial charge is 0.325 e. The molecule has 0 aliphatic heterocycles. The number of thioether (sulfide) groups is 1. The number of nitrogens with one attached hydrogen (secondary N) is 1. The van der Waals surface area contributed by atoms with Gasteiger partial charge in [0.25, 0.3) is 0 Å². The van der Waals surface area contributed by atoms with E-state index in [0.717, 1.165) is 27.6 Å². The molecule has 4 nitrogen and oxygen atoms in total. The Balaban J connectivity index is 1.65. The third-order valence-electron chi connectivity index (χ3n) is 4.57. The van der Waals surface area contributed by atoms with Gasteiger partial charge >= 0.3 is 0 Å². The molecule has 1 aromatic heterocycles. The number of anilines is 1. The Kier molecular flexibility index (Phi) is 5.88. The van der Waals surface area contributed by atoms with Crippen LogP contribution >= 0.6 is 23.4 Å². The minimum absolute atomic E-state index is 0.0495. The lowest BCUT2D eigenvalue weighted by Crippen LogP contribution is -2.25. The molecule has 3 aromatic carbocycles. The maximum absolute atomic E-state index is 12.9. The first-order valence-corrected chi connectivity index (χ1v) is 10.7. The molecular weight excluding hydrogens is 402 g/mol. The van der Waals surface area contributed by atoms with Crippen LogP contribution in [-0.2, 0) is 4.79 Å². The average Bonchev–Trinajstić information content (AvgIpc) is 3.12. The summed E-state index contributed by atoms with van der Waals surface area (Å²) in [4.78, 5) is 17.7. The second-order valence-electron chi connectivity index (χ2n) is 6.56. The van der Waals surface area contributed by atoms with E-state index in [0.29, 0.717) is 11.4 Å². The number of carbonyl (C=O) groups is 1. The number of fused-ring (bicyclic) bond motifs is 1. The average molecular weight is 422 g/mol. The van der Waals surface area contributed by atoms with Gasteiger partial charge in [-0.1, -0.05) is 60.6 Å². The highest BCUT2D eigenvalue weighted by Crippen LogP contribution is 2.32. The summed E-state index contributed by atoms with van der Waals surface area (Å²) in [6.07, 6.45) is 0.683. The van der Waals surface area contributed by atoms with Crippen molar-refractivity contribution < 1.29 is 4.79 Å². The fourth-order valence-corrected chi connectivity index (χ4v) is 4.29. The standard InChI is InChI=1S/C23H20ClN3OS/c1-2-21(22(28)25-17-14-12-16(24)13-15-17)29-23-26-19-10-6-7-11-20(19)27(23)18-8-4-3-5-9-18/h3-15,21H,2H2,1H3,(H,25,28)/t21-/m0/s1. The number of imidazole rings is 1. The van der Waals surface area contributed by atoms with Gasteiger partial charge in [-0.3, -0.25) is 9.36 Å². The van der Waals surface area contributed by atoms with E-state index in [1.807, 2.05) is 61.5 Å². The van der Waals surface area contributed by atoms with Gasteiger partial charge in [-0.2, -0.15) is 0 Å². The van der Waals surface area contributed by atoms with Crippen LogP contribution < -0.4 is 5.32 Å². The van der Waals surface area contributed by atoms with E-state index < -0.39 is 0 Å². The summed E-state index contributed by atoms with van der Waals surface area (Å²) in [5.74, 6) is -0.0495. The summed E-state index contributed by atoms with van der Waals surface area (Å²) in [6.45, 7) is 2.01. The first-order chi connectivity index (χ1) is 14.2. The summed E-state index contributed by atoms with van der Waals surface area (Å²) in [5.41, 5.74) is 3.69. The molecule has 1 amide bonds. The molecule has 1 atom stereocenters. The Morgan fingerprint density at radius 2 is 1.72 bits per heavy atom. The third kappa shape index (κ3) is 4.31. The Bertz CT molecular complexity index is 1130. The van der Waals surface area contributed by atoms with Crippen LogP contribution in [0.25, 0.3) is 16.7 Å². The summed E-state index contributed by atoms with van der Waals surface area (Å²) in [5, 5.41) is 4.15. The molecule has 0 bridgehead atoms. The molecule has 1 N–H and O–H groups in total. The number of hydrogen-bond acceptors (Lipinski definition) is 3. The molecule has 29 heavy (non-hydrogen) atoms. The predicted molar refractivity (Wildman–Crippen MR) is 121 cm³/mol. The minimum Gasteiger partial charge on any atom is -0.325 e. The fourth-order valence-electron chi connectivity index (χ4n) is 3.11. The number of nitrogens with zero attached hydrogens (tertiary/aromatic N) is 2. The van der Waals surface area contributed by atoms with Crippen LogP contribution in [0.2, 0.25) is 5.02 Å². The van der Waals surface area contributed by atoms with Gasteiger partial charge in [-0.25, -0.2) is 4.98 Å². The summed E-state index contributed by atoms with van der Waals surface area (Å²) >= 11 is 7.41. The zero-order valence-electron chi connectivity index (χ0n) is 15.9. The number of rotatable bonds is 6. The molecule has 0 aliphatic carbocycles. The summed E-state index contributed by atoms with van der Waals surface area (Å²) in [7, 11) is 0. The van der Waals surface area contributed by atoms with Gasteiger partial charge in [0.2, 0.25) is 5.91 Å². The fraction of sp³-hybridized carbons (Fsp3) is 0.130. The van der Waals surface area contributed by atoms with Crippen molar-refractivity contribution in [2.45, 2.75) is 23.8 Å². The van der Waals surface area contributed by atoms with Crippen molar-refractivity contribution in [2.75, 3.05) is 5.32 Å². The number of aromatic nitrogens is 2. The molecule has 0 spiro atoms. The van der Waals surface area contributed by atoms with Gasteiger partial charge in [0.1, 0.15) is 0 Å². The molecule has 0 unspecified atom stereocenters. The number of benzene rings is 3. The van der Waals surface area contributed by atoms with E-state index in [9.17, 15) is 4.79 Å². The smallest absolute Gasteiger partial charge is 0.237 e. The van der Waals surface area contributed by atoms with Crippen LogP contribution in [0, 0.1) is 0 Å². The summed E-state index contributed by atoms with van der Waals surface area (Å²) < 4.78 is 2.11. The van der Waals surface area contributed by atoms with Crippen LogP contribution in [0.5, 0.6) is 0 Å². The number of carbonyl (C=O) groups excluding carboxylic acids is 1. The van der Waals surface area contributed by atoms with Gasteiger partial charge in [-0.15, -0.1) is 0 Å². The first kappa shape index (κ1) is 19.6. The Morgan fingerprint density at radius 3 is 2.45 bits per heavy atom. The van der Waals surface area contributed by atoms with E-state index in [-0.39, 0.29) is 11.2 Å². The first-order valence-electron chi connectivity index (χ1n) is 9.41. The van der Waals surface area contributed by atoms with E-state index in [1.54, 1.807) is 24.3 Å². The van der Waals surface area contributed by atoms with Gasteiger partial charge in [-0.05, 0) is 55.0 Å².